The highest BCUT2D eigenvalue weighted by atomic mass is 16.2. The van der Waals surface area contributed by atoms with Crippen LogP contribution in [0.5, 0.6) is 0 Å². The van der Waals surface area contributed by atoms with E-state index in [2.05, 4.69) is 18.3 Å². The van der Waals surface area contributed by atoms with E-state index in [1.165, 1.54) is 5.56 Å². The van der Waals surface area contributed by atoms with Gasteiger partial charge in [-0.2, -0.15) is 0 Å². The molecule has 5 rings (SSSR count). The number of anilines is 2. The standard InChI is InChI=1S/C27H26N4O2/c1-3-19-11-13-21(14-12-19)28-25(32)16-24-26(33)30(17-20-8-6-7-18(2)15-20)27-29-22-9-4-5-10-23(22)31(24)27/h4-15,24H,3,16-17H2,1-2H3,(H,28,32). The first-order chi connectivity index (χ1) is 16.0. The van der Waals surface area contributed by atoms with E-state index >= 15 is 0 Å². The molecule has 0 bridgehead atoms. The monoisotopic (exact) mass is 438 g/mol. The van der Waals surface area contributed by atoms with Crippen molar-refractivity contribution in [2.45, 2.75) is 39.3 Å². The van der Waals surface area contributed by atoms with Crippen molar-refractivity contribution < 1.29 is 9.59 Å². The van der Waals surface area contributed by atoms with E-state index in [0.717, 1.165) is 34.3 Å². The van der Waals surface area contributed by atoms with Crippen molar-refractivity contribution in [2.24, 2.45) is 0 Å². The van der Waals surface area contributed by atoms with Gasteiger partial charge >= 0.3 is 0 Å². The number of benzene rings is 3. The molecular formula is C27H26N4O2. The molecular weight excluding hydrogens is 412 g/mol. The largest absolute Gasteiger partial charge is 0.326 e. The minimum absolute atomic E-state index is 0.0477. The van der Waals surface area contributed by atoms with E-state index in [1.54, 1.807) is 4.90 Å². The van der Waals surface area contributed by atoms with Gasteiger partial charge in [0.05, 0.1) is 24.0 Å². The molecule has 2 amide bonds. The fourth-order valence-electron chi connectivity index (χ4n) is 4.45. The Bertz CT molecular complexity index is 1340. The highest BCUT2D eigenvalue weighted by Crippen LogP contribution is 2.37. The van der Waals surface area contributed by atoms with Gasteiger partial charge in [0.1, 0.15) is 6.04 Å². The highest BCUT2D eigenvalue weighted by Gasteiger charge is 2.40. The summed E-state index contributed by atoms with van der Waals surface area (Å²) in [4.78, 5) is 32.9. The molecule has 1 aliphatic heterocycles. The molecule has 33 heavy (non-hydrogen) atoms. The number of aromatic nitrogens is 2. The molecule has 1 unspecified atom stereocenters. The Morgan fingerprint density at radius 1 is 1.00 bits per heavy atom. The maximum absolute atomic E-state index is 13.5. The molecule has 1 atom stereocenters. The van der Waals surface area contributed by atoms with Crippen LogP contribution in [-0.2, 0) is 22.6 Å². The van der Waals surface area contributed by atoms with Crippen LogP contribution in [0, 0.1) is 6.92 Å². The first-order valence-corrected chi connectivity index (χ1v) is 11.3. The van der Waals surface area contributed by atoms with Gasteiger partial charge in [-0.05, 0) is 48.7 Å². The number of aryl methyl sites for hydroxylation is 2. The molecule has 0 aliphatic carbocycles. The molecule has 1 aromatic heterocycles. The topological polar surface area (TPSA) is 67.2 Å². The molecule has 166 valence electrons. The van der Waals surface area contributed by atoms with Gasteiger partial charge in [-0.15, -0.1) is 0 Å². The summed E-state index contributed by atoms with van der Waals surface area (Å²) in [6, 6.07) is 23.0. The number of para-hydroxylation sites is 2. The zero-order valence-electron chi connectivity index (χ0n) is 18.8. The van der Waals surface area contributed by atoms with Crippen LogP contribution in [-0.4, -0.2) is 21.4 Å². The average molecular weight is 439 g/mol. The van der Waals surface area contributed by atoms with Crippen LogP contribution in [0.25, 0.3) is 11.0 Å². The lowest BCUT2D eigenvalue weighted by atomic mass is 10.1. The third kappa shape index (κ3) is 4.00. The fourth-order valence-corrected chi connectivity index (χ4v) is 4.45. The van der Waals surface area contributed by atoms with Crippen LogP contribution in [0.1, 0.15) is 36.1 Å². The van der Waals surface area contributed by atoms with Gasteiger partial charge in [0.25, 0.3) is 5.91 Å². The summed E-state index contributed by atoms with van der Waals surface area (Å²) < 4.78 is 1.91. The Labute approximate surface area is 192 Å². The van der Waals surface area contributed by atoms with Crippen LogP contribution in [0.15, 0.2) is 72.8 Å². The predicted molar refractivity (Wildman–Crippen MR) is 130 cm³/mol. The number of amides is 2. The second kappa shape index (κ2) is 8.54. The number of carbonyl (C=O) groups excluding carboxylic acids is 2. The van der Waals surface area contributed by atoms with E-state index in [-0.39, 0.29) is 18.2 Å². The summed E-state index contributed by atoms with van der Waals surface area (Å²) in [7, 11) is 0. The van der Waals surface area contributed by atoms with Gasteiger partial charge < -0.3 is 5.32 Å². The summed E-state index contributed by atoms with van der Waals surface area (Å²) in [5, 5.41) is 2.94. The molecule has 1 aliphatic rings. The third-order valence-corrected chi connectivity index (χ3v) is 6.13. The number of rotatable bonds is 6. The van der Waals surface area contributed by atoms with Crippen molar-refractivity contribution in [1.29, 1.82) is 0 Å². The van der Waals surface area contributed by atoms with Crippen molar-refractivity contribution in [1.82, 2.24) is 9.55 Å². The number of carbonyl (C=O) groups is 2. The zero-order valence-corrected chi connectivity index (χ0v) is 18.8. The Morgan fingerprint density at radius 3 is 2.55 bits per heavy atom. The van der Waals surface area contributed by atoms with Crippen molar-refractivity contribution in [3.8, 4) is 0 Å². The lowest BCUT2D eigenvalue weighted by Crippen LogP contribution is -2.31. The van der Waals surface area contributed by atoms with Crippen molar-refractivity contribution in [3.63, 3.8) is 0 Å². The quantitative estimate of drug-likeness (QED) is 0.459. The molecule has 0 radical (unpaired) electrons. The van der Waals surface area contributed by atoms with E-state index < -0.39 is 6.04 Å². The minimum Gasteiger partial charge on any atom is -0.326 e. The third-order valence-electron chi connectivity index (χ3n) is 6.13. The number of fused-ring (bicyclic) bond motifs is 3. The van der Waals surface area contributed by atoms with Crippen LogP contribution in [0.2, 0.25) is 0 Å². The average Bonchev–Trinajstić information content (AvgIpc) is 3.30. The Balaban J connectivity index is 1.44. The van der Waals surface area contributed by atoms with Gasteiger partial charge in [-0.25, -0.2) is 4.98 Å². The normalized spacial score (nSPS) is 15.2. The highest BCUT2D eigenvalue weighted by molar-refractivity contribution is 6.05. The maximum atomic E-state index is 13.5. The van der Waals surface area contributed by atoms with E-state index in [1.807, 2.05) is 78.2 Å². The van der Waals surface area contributed by atoms with Crippen molar-refractivity contribution in [3.05, 3.63) is 89.5 Å². The van der Waals surface area contributed by atoms with Gasteiger partial charge in [0.15, 0.2) is 0 Å². The maximum Gasteiger partial charge on any atom is 0.253 e. The Morgan fingerprint density at radius 2 is 1.79 bits per heavy atom. The van der Waals surface area contributed by atoms with Crippen LogP contribution < -0.4 is 10.2 Å². The first kappa shape index (κ1) is 20.9. The fraction of sp³-hybridized carbons (Fsp3) is 0.222. The molecule has 1 N–H and O–H groups in total. The molecule has 0 spiro atoms. The number of nitrogens with one attached hydrogen (secondary N) is 1. The summed E-state index contributed by atoms with van der Waals surface area (Å²) in [6.45, 7) is 4.54. The first-order valence-electron chi connectivity index (χ1n) is 11.3. The second-order valence-electron chi connectivity index (χ2n) is 8.50. The van der Waals surface area contributed by atoms with E-state index in [9.17, 15) is 9.59 Å². The summed E-state index contributed by atoms with van der Waals surface area (Å²) in [6.07, 6.45) is 0.990. The summed E-state index contributed by atoms with van der Waals surface area (Å²) >= 11 is 0. The number of imidazole rings is 1. The Kier molecular flexibility index (Phi) is 5.42. The van der Waals surface area contributed by atoms with Gasteiger partial charge in [-0.1, -0.05) is 61.0 Å². The van der Waals surface area contributed by atoms with Gasteiger partial charge in [0, 0.05) is 5.69 Å². The minimum atomic E-state index is -0.632. The summed E-state index contributed by atoms with van der Waals surface area (Å²) in [5.41, 5.74) is 5.78. The lowest BCUT2D eigenvalue weighted by molar-refractivity contribution is -0.124. The van der Waals surface area contributed by atoms with E-state index in [0.29, 0.717) is 12.5 Å². The van der Waals surface area contributed by atoms with E-state index in [4.69, 9.17) is 4.98 Å². The van der Waals surface area contributed by atoms with Gasteiger partial charge in [-0.3, -0.25) is 19.1 Å². The second-order valence-corrected chi connectivity index (χ2v) is 8.50. The molecule has 6 nitrogen and oxygen atoms in total. The van der Waals surface area contributed by atoms with Crippen molar-refractivity contribution in [2.75, 3.05) is 10.2 Å². The number of hydrogen-bond acceptors (Lipinski definition) is 3. The van der Waals surface area contributed by atoms with Gasteiger partial charge in [0.2, 0.25) is 11.9 Å². The van der Waals surface area contributed by atoms with Crippen LogP contribution in [0.4, 0.5) is 11.6 Å². The molecule has 3 aromatic carbocycles. The number of nitrogens with zero attached hydrogens (tertiary/aromatic N) is 3. The van der Waals surface area contributed by atoms with Crippen LogP contribution >= 0.6 is 0 Å². The van der Waals surface area contributed by atoms with Crippen molar-refractivity contribution >= 4 is 34.5 Å². The Hall–Kier alpha value is -3.93. The predicted octanol–water partition coefficient (Wildman–Crippen LogP) is 5.02. The SMILES string of the molecule is CCc1ccc(NC(=O)CC2C(=O)N(Cc3cccc(C)c3)c3nc4ccccc4n32)cc1. The molecule has 4 aromatic rings. The lowest BCUT2D eigenvalue weighted by Gasteiger charge is -2.16. The molecule has 0 fully saturated rings. The smallest absolute Gasteiger partial charge is 0.253 e. The number of hydrogen-bond donors (Lipinski definition) is 1. The molecule has 2 heterocycles. The van der Waals surface area contributed by atoms with Crippen LogP contribution in [0.3, 0.4) is 0 Å². The zero-order chi connectivity index (χ0) is 22.9. The molecule has 0 saturated carbocycles. The molecule has 0 saturated heterocycles. The molecule has 6 heteroatoms. The summed E-state index contributed by atoms with van der Waals surface area (Å²) in [5.74, 6) is 0.285.